The Balaban J connectivity index is 1.67. The van der Waals surface area contributed by atoms with Gasteiger partial charge in [-0.3, -0.25) is 4.79 Å². The van der Waals surface area contributed by atoms with Gasteiger partial charge in [-0.25, -0.2) is 14.8 Å². The number of ketones is 1. The molecule has 28 heavy (non-hydrogen) atoms. The summed E-state index contributed by atoms with van der Waals surface area (Å²) >= 11 is 0. The molecule has 0 aromatic carbocycles. The van der Waals surface area contributed by atoms with Crippen molar-refractivity contribution in [1.29, 1.82) is 0 Å². The summed E-state index contributed by atoms with van der Waals surface area (Å²) in [6.45, 7) is 11.8. The zero-order valence-electron chi connectivity index (χ0n) is 18.6. The molecule has 1 unspecified atom stereocenters. The van der Waals surface area contributed by atoms with E-state index >= 15 is 0 Å². The number of carbonyl (C=O) groups is 2. The summed E-state index contributed by atoms with van der Waals surface area (Å²) in [5.41, 5.74) is -0.503. The van der Waals surface area contributed by atoms with Crippen LogP contribution in [0.25, 0.3) is 0 Å². The van der Waals surface area contributed by atoms with Gasteiger partial charge in [0.25, 0.3) is 0 Å². The highest BCUT2D eigenvalue weighted by Gasteiger charge is 2.42. The van der Waals surface area contributed by atoms with E-state index in [0.29, 0.717) is 36.6 Å². The van der Waals surface area contributed by atoms with E-state index in [4.69, 9.17) is 4.74 Å². The minimum absolute atomic E-state index is 0.229. The van der Waals surface area contributed by atoms with Crippen LogP contribution in [0.5, 0.6) is 0 Å². The molecule has 3 rings (SSSR count). The number of nitrogens with zero attached hydrogens (tertiary/aromatic N) is 2. The molecule has 0 bridgehead atoms. The Morgan fingerprint density at radius 2 is 1.79 bits per heavy atom. The predicted octanol–water partition coefficient (Wildman–Crippen LogP) is 5.04. The summed E-state index contributed by atoms with van der Waals surface area (Å²) in [5, 5.41) is 4.23. The van der Waals surface area contributed by atoms with Crippen LogP contribution in [0.15, 0.2) is 0 Å². The second kappa shape index (κ2) is 8.73. The molecule has 3 fully saturated rings. The summed E-state index contributed by atoms with van der Waals surface area (Å²) in [5.74, 6) is 2.35. The Bertz CT molecular complexity index is 563. The van der Waals surface area contributed by atoms with Gasteiger partial charge in [0.05, 0.1) is 0 Å². The highest BCUT2D eigenvalue weighted by molar-refractivity contribution is 5.83. The van der Waals surface area contributed by atoms with Crippen LogP contribution in [0.1, 0.15) is 86.0 Å². The Labute approximate surface area is 171 Å². The Hall–Kier alpha value is -1.10. The van der Waals surface area contributed by atoms with E-state index in [0.717, 1.165) is 31.7 Å². The van der Waals surface area contributed by atoms with E-state index in [1.54, 1.807) is 0 Å². The lowest BCUT2D eigenvalue weighted by Crippen LogP contribution is -2.58. The van der Waals surface area contributed by atoms with Crippen molar-refractivity contribution in [2.75, 3.05) is 13.1 Å². The topological polar surface area (TPSA) is 49.9 Å². The summed E-state index contributed by atoms with van der Waals surface area (Å²) in [6, 6.07) is 0.462. The van der Waals surface area contributed by atoms with Crippen LogP contribution < -0.4 is 0 Å². The Morgan fingerprint density at radius 3 is 2.36 bits per heavy atom. The minimum atomic E-state index is -0.503. The van der Waals surface area contributed by atoms with Crippen molar-refractivity contribution in [2.45, 2.75) is 97.6 Å². The Morgan fingerprint density at radius 1 is 1.11 bits per heavy atom. The van der Waals surface area contributed by atoms with Crippen LogP contribution in [0.4, 0.5) is 4.79 Å². The van der Waals surface area contributed by atoms with Crippen molar-refractivity contribution in [1.82, 2.24) is 10.0 Å². The van der Waals surface area contributed by atoms with Crippen LogP contribution in [0.2, 0.25) is 0 Å². The van der Waals surface area contributed by atoms with Gasteiger partial charge in [-0.2, -0.15) is 0 Å². The quantitative estimate of drug-likeness (QED) is 0.580. The van der Waals surface area contributed by atoms with Crippen molar-refractivity contribution in [3.63, 3.8) is 0 Å². The number of Topliss-reactive ketones (excluding diaryl/α,β-unsaturated/α-hetero) is 1. The fourth-order valence-corrected chi connectivity index (χ4v) is 4.37. The SMILES string of the molecule is C[C@@H](CCC(=O)C1CC1)CN(C(=O)OC(C)(C)C)N1C[C@@H](C)CCC1C1CC1. The van der Waals surface area contributed by atoms with Crippen LogP contribution in [0.3, 0.4) is 0 Å². The fraction of sp³-hybridized carbons (Fsp3) is 0.913. The third-order valence-electron chi connectivity index (χ3n) is 6.32. The zero-order valence-corrected chi connectivity index (χ0v) is 18.6. The summed E-state index contributed by atoms with van der Waals surface area (Å²) in [7, 11) is 0. The number of carbonyl (C=O) groups excluding carboxylic acids is 2. The van der Waals surface area contributed by atoms with Gasteiger partial charge in [0, 0.05) is 31.5 Å². The fourth-order valence-electron chi connectivity index (χ4n) is 4.37. The molecule has 3 aliphatic rings. The first kappa shape index (κ1) is 21.6. The first-order chi connectivity index (χ1) is 13.1. The lowest BCUT2D eigenvalue weighted by Gasteiger charge is -2.46. The highest BCUT2D eigenvalue weighted by atomic mass is 16.6. The molecule has 0 aromatic rings. The normalized spacial score (nSPS) is 27.3. The highest BCUT2D eigenvalue weighted by Crippen LogP contribution is 2.41. The van der Waals surface area contributed by atoms with E-state index in [1.165, 1.54) is 25.7 Å². The van der Waals surface area contributed by atoms with Gasteiger partial charge in [0.15, 0.2) is 0 Å². The van der Waals surface area contributed by atoms with Crippen molar-refractivity contribution < 1.29 is 14.3 Å². The maximum absolute atomic E-state index is 13.1. The average molecular weight is 393 g/mol. The summed E-state index contributed by atoms with van der Waals surface area (Å²) in [6.07, 6.45) is 8.39. The third kappa shape index (κ3) is 6.20. The first-order valence-corrected chi connectivity index (χ1v) is 11.4. The molecule has 5 heteroatoms. The molecule has 0 spiro atoms. The number of amides is 1. The number of rotatable bonds is 8. The van der Waals surface area contributed by atoms with Crippen molar-refractivity contribution in [3.8, 4) is 0 Å². The monoisotopic (exact) mass is 392 g/mol. The Kier molecular flexibility index (Phi) is 6.73. The molecular weight excluding hydrogens is 352 g/mol. The molecule has 2 aliphatic carbocycles. The van der Waals surface area contributed by atoms with Crippen LogP contribution in [-0.2, 0) is 9.53 Å². The van der Waals surface area contributed by atoms with Crippen molar-refractivity contribution in [3.05, 3.63) is 0 Å². The molecule has 5 nitrogen and oxygen atoms in total. The molecule has 1 heterocycles. The van der Waals surface area contributed by atoms with Gasteiger partial charge < -0.3 is 4.74 Å². The number of hydrazine groups is 1. The second-order valence-corrected chi connectivity index (χ2v) is 10.7. The van der Waals surface area contributed by atoms with E-state index in [2.05, 4.69) is 18.9 Å². The molecule has 1 amide bonds. The predicted molar refractivity (Wildman–Crippen MR) is 111 cm³/mol. The summed E-state index contributed by atoms with van der Waals surface area (Å²) < 4.78 is 5.79. The smallest absolute Gasteiger partial charge is 0.424 e. The summed E-state index contributed by atoms with van der Waals surface area (Å²) in [4.78, 5) is 25.2. The molecular formula is C23H40N2O3. The minimum Gasteiger partial charge on any atom is -0.443 e. The maximum Gasteiger partial charge on any atom is 0.424 e. The molecule has 3 atom stereocenters. The van der Waals surface area contributed by atoms with Crippen LogP contribution in [-0.4, -0.2) is 46.6 Å². The van der Waals surface area contributed by atoms with Crippen molar-refractivity contribution in [2.24, 2.45) is 23.7 Å². The maximum atomic E-state index is 13.1. The first-order valence-electron chi connectivity index (χ1n) is 11.4. The molecule has 1 aliphatic heterocycles. The zero-order chi connectivity index (χ0) is 20.5. The van der Waals surface area contributed by atoms with E-state index < -0.39 is 5.60 Å². The number of hydrogen-bond acceptors (Lipinski definition) is 4. The lowest BCUT2D eigenvalue weighted by molar-refractivity contribution is -0.120. The largest absolute Gasteiger partial charge is 0.443 e. The number of piperidine rings is 1. The molecule has 1 saturated heterocycles. The number of hydrogen-bond donors (Lipinski definition) is 0. The standard InChI is InChI=1S/C23H40N2O3/c1-16-6-12-20(18-8-9-18)24(14-16)25(22(27)28-23(3,4)5)15-17(2)7-13-21(26)19-10-11-19/h16-20H,6-15H2,1-5H3/t16-,17-,20?/m0/s1. The number of ether oxygens (including phenoxy) is 1. The van der Waals surface area contributed by atoms with E-state index in [-0.39, 0.29) is 12.0 Å². The molecule has 0 radical (unpaired) electrons. The van der Waals surface area contributed by atoms with Gasteiger partial charge >= 0.3 is 6.09 Å². The van der Waals surface area contributed by atoms with E-state index in [9.17, 15) is 9.59 Å². The average Bonchev–Trinajstić information content (AvgIpc) is 3.47. The molecule has 0 N–H and O–H groups in total. The van der Waals surface area contributed by atoms with Gasteiger partial charge in [0.2, 0.25) is 0 Å². The van der Waals surface area contributed by atoms with Crippen LogP contribution in [0, 0.1) is 23.7 Å². The van der Waals surface area contributed by atoms with E-state index in [1.807, 2.05) is 25.8 Å². The molecule has 160 valence electrons. The molecule has 0 aromatic heterocycles. The van der Waals surface area contributed by atoms with Gasteiger partial charge in [0.1, 0.15) is 11.4 Å². The lowest BCUT2D eigenvalue weighted by atomic mass is 9.92. The second-order valence-electron chi connectivity index (χ2n) is 10.7. The van der Waals surface area contributed by atoms with Gasteiger partial charge in [-0.15, -0.1) is 0 Å². The molecule has 2 saturated carbocycles. The van der Waals surface area contributed by atoms with Crippen LogP contribution >= 0.6 is 0 Å². The van der Waals surface area contributed by atoms with Gasteiger partial charge in [-0.1, -0.05) is 13.8 Å². The van der Waals surface area contributed by atoms with Gasteiger partial charge in [-0.05, 0) is 83.5 Å². The third-order valence-corrected chi connectivity index (χ3v) is 6.32. The van der Waals surface area contributed by atoms with Crippen molar-refractivity contribution >= 4 is 11.9 Å².